The first kappa shape index (κ1) is 23.5. The molecule has 0 saturated heterocycles. The minimum Gasteiger partial charge on any atom is -0.383 e. The minimum atomic E-state index is -0.427. The molecule has 5 rings (SSSR count). The van der Waals surface area contributed by atoms with Gasteiger partial charge < -0.3 is 9.26 Å². The van der Waals surface area contributed by atoms with Gasteiger partial charge in [-0.3, -0.25) is 9.88 Å². The molecule has 2 aromatic carbocycles. The predicted molar refractivity (Wildman–Crippen MR) is 131 cm³/mol. The van der Waals surface area contributed by atoms with E-state index >= 15 is 0 Å². The minimum absolute atomic E-state index is 0.183. The number of para-hydroxylation sites is 1. The molecule has 0 N–H and O–H groups in total. The van der Waals surface area contributed by atoms with E-state index in [1.165, 1.54) is 10.7 Å². The molecule has 0 spiro atoms. The highest BCUT2D eigenvalue weighted by molar-refractivity contribution is 5.76. The monoisotopic (exact) mass is 485 g/mol. The predicted octanol–water partition coefficient (Wildman–Crippen LogP) is 4.26. The third kappa shape index (κ3) is 4.90. The van der Waals surface area contributed by atoms with E-state index in [0.717, 1.165) is 29.8 Å². The zero-order valence-electron chi connectivity index (χ0n) is 19.9. The van der Waals surface area contributed by atoms with Crippen LogP contribution in [0.25, 0.3) is 39.9 Å². The third-order valence-electron chi connectivity index (χ3n) is 5.68. The third-order valence-corrected chi connectivity index (χ3v) is 5.68. The average Bonchev–Trinajstić information content (AvgIpc) is 3.56. The molecule has 0 bridgehead atoms. The van der Waals surface area contributed by atoms with Crippen molar-refractivity contribution < 1.29 is 13.7 Å². The summed E-state index contributed by atoms with van der Waals surface area (Å²) < 4.78 is 26.8. The number of halogens is 1. The maximum absolute atomic E-state index is 14.6. The number of hydrogen-bond acceptors (Lipinski definition) is 8. The van der Waals surface area contributed by atoms with Gasteiger partial charge in [-0.25, -0.2) is 9.07 Å². The van der Waals surface area contributed by atoms with Gasteiger partial charge in [-0.15, -0.1) is 5.10 Å². The number of nitrogens with zero attached hydrogens (tertiary/aromatic N) is 7. The van der Waals surface area contributed by atoms with Crippen molar-refractivity contribution in [1.29, 1.82) is 0 Å². The Morgan fingerprint density at radius 3 is 2.53 bits per heavy atom. The molecule has 0 fully saturated rings. The van der Waals surface area contributed by atoms with Crippen LogP contribution in [-0.4, -0.2) is 62.3 Å². The van der Waals surface area contributed by atoms with Crippen LogP contribution in [0.15, 0.2) is 77.6 Å². The van der Waals surface area contributed by atoms with Crippen LogP contribution in [0, 0.1) is 5.82 Å². The highest BCUT2D eigenvalue weighted by atomic mass is 19.1. The van der Waals surface area contributed by atoms with Crippen molar-refractivity contribution >= 4 is 0 Å². The fourth-order valence-electron chi connectivity index (χ4n) is 3.82. The normalized spacial score (nSPS) is 11.3. The molecule has 182 valence electrons. The molecule has 0 radical (unpaired) electrons. The number of ether oxygens (including phenoxy) is 1. The maximum atomic E-state index is 14.6. The van der Waals surface area contributed by atoms with E-state index in [-0.39, 0.29) is 11.6 Å². The van der Waals surface area contributed by atoms with Gasteiger partial charge in [-0.2, -0.15) is 4.98 Å². The Bertz CT molecular complexity index is 1430. The summed E-state index contributed by atoms with van der Waals surface area (Å²) in [6.07, 6.45) is 3.29. The van der Waals surface area contributed by atoms with Crippen LogP contribution in [0.4, 0.5) is 4.39 Å². The zero-order chi connectivity index (χ0) is 24.9. The summed E-state index contributed by atoms with van der Waals surface area (Å²) in [5.74, 6) is 0.177. The van der Waals surface area contributed by atoms with E-state index in [4.69, 9.17) is 9.26 Å². The van der Waals surface area contributed by atoms with Gasteiger partial charge >= 0.3 is 0 Å². The molecule has 0 amide bonds. The van der Waals surface area contributed by atoms with Crippen molar-refractivity contribution in [2.24, 2.45) is 0 Å². The van der Waals surface area contributed by atoms with Crippen LogP contribution >= 0.6 is 0 Å². The van der Waals surface area contributed by atoms with E-state index < -0.39 is 5.82 Å². The highest BCUT2D eigenvalue weighted by Crippen LogP contribution is 2.32. The standard InChI is InChI=1S/C26H24FN7O2/c1-33(15-16-35-2)17-18-7-9-20(10-8-18)25-29-26(36-31-25)23-24(19-11-13-28-14-12-19)34(32-30-23)22-6-4-3-5-21(22)27/h3-14H,15-17H2,1-2H3. The van der Waals surface area contributed by atoms with Crippen molar-refractivity contribution in [3.63, 3.8) is 0 Å². The van der Waals surface area contributed by atoms with Crippen LogP contribution in [-0.2, 0) is 11.3 Å². The first-order valence-electron chi connectivity index (χ1n) is 11.4. The molecule has 3 heterocycles. The van der Waals surface area contributed by atoms with Crippen LogP contribution in [0.5, 0.6) is 0 Å². The van der Waals surface area contributed by atoms with E-state index in [0.29, 0.717) is 23.8 Å². The number of likely N-dealkylation sites (N-methyl/N-ethyl adjacent to an activating group) is 1. The summed E-state index contributed by atoms with van der Waals surface area (Å²) in [7, 11) is 3.75. The second-order valence-corrected chi connectivity index (χ2v) is 8.24. The van der Waals surface area contributed by atoms with Crippen molar-refractivity contribution in [3.05, 3.63) is 84.4 Å². The molecule has 0 aliphatic heterocycles. The first-order chi connectivity index (χ1) is 17.6. The number of rotatable bonds is 9. The quantitative estimate of drug-likeness (QED) is 0.306. The molecule has 10 heteroatoms. The van der Waals surface area contributed by atoms with Crippen molar-refractivity contribution in [2.45, 2.75) is 6.54 Å². The second kappa shape index (κ2) is 10.5. The summed E-state index contributed by atoms with van der Waals surface area (Å²) in [5, 5.41) is 12.6. The summed E-state index contributed by atoms with van der Waals surface area (Å²) >= 11 is 0. The lowest BCUT2D eigenvalue weighted by Crippen LogP contribution is -2.22. The molecular weight excluding hydrogens is 461 g/mol. The Kier molecular flexibility index (Phi) is 6.87. The molecule has 36 heavy (non-hydrogen) atoms. The van der Waals surface area contributed by atoms with Gasteiger partial charge in [0.2, 0.25) is 5.82 Å². The average molecular weight is 486 g/mol. The van der Waals surface area contributed by atoms with Crippen LogP contribution in [0.2, 0.25) is 0 Å². The SMILES string of the molecule is COCCN(C)Cc1ccc(-c2noc(-c3nnn(-c4ccccc4F)c3-c3ccncc3)n2)cc1. The van der Waals surface area contributed by atoms with E-state index in [1.807, 2.05) is 31.3 Å². The Morgan fingerprint density at radius 1 is 1.00 bits per heavy atom. The fraction of sp³-hybridized carbons (Fsp3) is 0.192. The number of benzene rings is 2. The first-order valence-corrected chi connectivity index (χ1v) is 11.4. The number of aromatic nitrogens is 6. The fourth-order valence-corrected chi connectivity index (χ4v) is 3.82. The highest BCUT2D eigenvalue weighted by Gasteiger charge is 2.24. The Morgan fingerprint density at radius 2 is 1.78 bits per heavy atom. The van der Waals surface area contributed by atoms with E-state index in [9.17, 15) is 4.39 Å². The summed E-state index contributed by atoms with van der Waals surface area (Å²) in [6, 6.07) is 17.9. The van der Waals surface area contributed by atoms with E-state index in [2.05, 4.69) is 30.3 Å². The number of pyridine rings is 1. The lowest BCUT2D eigenvalue weighted by molar-refractivity contribution is 0.158. The maximum Gasteiger partial charge on any atom is 0.281 e. The van der Waals surface area contributed by atoms with Gasteiger partial charge in [0, 0.05) is 43.7 Å². The molecular formula is C26H24FN7O2. The summed E-state index contributed by atoms with van der Waals surface area (Å²) in [5.41, 5.74) is 3.82. The topological polar surface area (TPSA) is 95.0 Å². The Hall–Kier alpha value is -4.28. The van der Waals surface area contributed by atoms with Crippen LogP contribution in [0.1, 0.15) is 5.56 Å². The Labute approximate surface area is 207 Å². The second-order valence-electron chi connectivity index (χ2n) is 8.24. The molecule has 0 aliphatic rings. The largest absolute Gasteiger partial charge is 0.383 e. The van der Waals surface area contributed by atoms with Gasteiger partial charge in [0.1, 0.15) is 17.2 Å². The summed E-state index contributed by atoms with van der Waals surface area (Å²) in [4.78, 5) is 10.8. The smallest absolute Gasteiger partial charge is 0.281 e. The van der Waals surface area contributed by atoms with Gasteiger partial charge in [0.15, 0.2) is 5.69 Å². The molecule has 0 atom stereocenters. The van der Waals surface area contributed by atoms with Gasteiger partial charge in [-0.1, -0.05) is 46.8 Å². The molecule has 0 aliphatic carbocycles. The molecule has 0 unspecified atom stereocenters. The van der Waals surface area contributed by atoms with Gasteiger partial charge in [0.25, 0.3) is 5.89 Å². The van der Waals surface area contributed by atoms with Crippen LogP contribution in [0.3, 0.4) is 0 Å². The lowest BCUT2D eigenvalue weighted by Gasteiger charge is -2.15. The van der Waals surface area contributed by atoms with Crippen molar-refractivity contribution in [3.8, 4) is 39.9 Å². The number of hydrogen-bond donors (Lipinski definition) is 0. The Balaban J connectivity index is 1.47. The lowest BCUT2D eigenvalue weighted by atomic mass is 10.1. The van der Waals surface area contributed by atoms with Crippen molar-refractivity contribution in [1.82, 2.24) is 35.0 Å². The molecule has 9 nitrogen and oxygen atoms in total. The van der Waals surface area contributed by atoms with Crippen molar-refractivity contribution in [2.75, 3.05) is 27.3 Å². The molecule has 3 aromatic heterocycles. The van der Waals surface area contributed by atoms with Gasteiger partial charge in [-0.05, 0) is 36.9 Å². The molecule has 0 saturated carbocycles. The summed E-state index contributed by atoms with van der Waals surface area (Å²) in [6.45, 7) is 2.33. The zero-order valence-corrected chi connectivity index (χ0v) is 19.9. The number of methoxy groups -OCH3 is 1. The molecule has 5 aromatic rings. The van der Waals surface area contributed by atoms with Gasteiger partial charge in [0.05, 0.1) is 6.61 Å². The van der Waals surface area contributed by atoms with Crippen LogP contribution < -0.4 is 0 Å². The van der Waals surface area contributed by atoms with E-state index in [1.54, 1.807) is 49.8 Å².